The van der Waals surface area contributed by atoms with E-state index in [0.717, 1.165) is 46.5 Å². The molecule has 2 heterocycles. The van der Waals surface area contributed by atoms with Gasteiger partial charge in [0.05, 0.1) is 11.2 Å². The molecule has 108 valence electrons. The molecule has 21 heavy (non-hydrogen) atoms. The molecule has 2 aromatic heterocycles. The largest absolute Gasteiger partial charge is 0.370 e. The molecule has 0 saturated heterocycles. The second-order valence-electron chi connectivity index (χ2n) is 5.12. The third-order valence-electron chi connectivity index (χ3n) is 3.54. The van der Waals surface area contributed by atoms with Gasteiger partial charge in [-0.15, -0.1) is 5.10 Å². The van der Waals surface area contributed by atoms with Gasteiger partial charge in [-0.1, -0.05) is 13.0 Å². The molecule has 1 N–H and O–H groups in total. The standard InChI is InChI=1S/C15H18N6/c1-4-7-16-15-10(2)8-12-5-6-13(11(3)14(12)18-15)21-9-17-19-20-21/h5-6,8-9H,4,7H2,1-3H3,(H,16,18). The number of aromatic nitrogens is 5. The van der Waals surface area contributed by atoms with Gasteiger partial charge in [0.1, 0.15) is 12.1 Å². The Morgan fingerprint density at radius 2 is 2.10 bits per heavy atom. The summed E-state index contributed by atoms with van der Waals surface area (Å²) < 4.78 is 1.66. The van der Waals surface area contributed by atoms with Crippen LogP contribution in [0.25, 0.3) is 16.6 Å². The molecule has 0 saturated carbocycles. The van der Waals surface area contributed by atoms with E-state index in [0.29, 0.717) is 0 Å². The highest BCUT2D eigenvalue weighted by Gasteiger charge is 2.10. The van der Waals surface area contributed by atoms with Crippen LogP contribution in [0.5, 0.6) is 0 Å². The zero-order valence-corrected chi connectivity index (χ0v) is 12.5. The van der Waals surface area contributed by atoms with Crippen molar-refractivity contribution in [1.29, 1.82) is 0 Å². The number of fused-ring (bicyclic) bond motifs is 1. The smallest absolute Gasteiger partial charge is 0.143 e. The van der Waals surface area contributed by atoms with Crippen molar-refractivity contribution in [2.75, 3.05) is 11.9 Å². The van der Waals surface area contributed by atoms with Gasteiger partial charge >= 0.3 is 0 Å². The van der Waals surface area contributed by atoms with Gasteiger partial charge in [0.2, 0.25) is 0 Å². The summed E-state index contributed by atoms with van der Waals surface area (Å²) in [6.45, 7) is 7.19. The minimum atomic E-state index is 0.922. The Morgan fingerprint density at radius 3 is 2.81 bits per heavy atom. The maximum Gasteiger partial charge on any atom is 0.143 e. The fourth-order valence-electron chi connectivity index (χ4n) is 2.42. The van der Waals surface area contributed by atoms with Crippen LogP contribution in [0, 0.1) is 13.8 Å². The zero-order valence-electron chi connectivity index (χ0n) is 12.5. The maximum absolute atomic E-state index is 4.79. The molecule has 0 atom stereocenters. The molecular formula is C15H18N6. The van der Waals surface area contributed by atoms with Gasteiger partial charge in [0, 0.05) is 17.5 Å². The SMILES string of the molecule is CCCNc1nc2c(C)c(-n3cnnn3)ccc2cc1C. The third kappa shape index (κ3) is 2.44. The molecule has 3 rings (SSSR count). The maximum atomic E-state index is 4.79. The van der Waals surface area contributed by atoms with Gasteiger partial charge in [0.25, 0.3) is 0 Å². The number of pyridine rings is 1. The number of benzene rings is 1. The van der Waals surface area contributed by atoms with Crippen molar-refractivity contribution in [3.8, 4) is 5.69 Å². The highest BCUT2D eigenvalue weighted by molar-refractivity contribution is 5.87. The lowest BCUT2D eigenvalue weighted by atomic mass is 10.1. The molecule has 0 unspecified atom stereocenters. The van der Waals surface area contributed by atoms with Crippen molar-refractivity contribution in [2.24, 2.45) is 0 Å². The van der Waals surface area contributed by atoms with Crippen LogP contribution < -0.4 is 5.32 Å². The number of tetrazole rings is 1. The van der Waals surface area contributed by atoms with Crippen LogP contribution in [0.15, 0.2) is 24.5 Å². The number of nitrogens with zero attached hydrogens (tertiary/aromatic N) is 5. The van der Waals surface area contributed by atoms with Gasteiger partial charge in [-0.25, -0.2) is 9.67 Å². The fraction of sp³-hybridized carbons (Fsp3) is 0.333. The fourth-order valence-corrected chi connectivity index (χ4v) is 2.42. The average molecular weight is 282 g/mol. The lowest BCUT2D eigenvalue weighted by molar-refractivity contribution is 0.786. The van der Waals surface area contributed by atoms with Gasteiger partial charge in [-0.3, -0.25) is 0 Å². The zero-order chi connectivity index (χ0) is 14.8. The third-order valence-corrected chi connectivity index (χ3v) is 3.54. The quantitative estimate of drug-likeness (QED) is 0.796. The predicted molar refractivity (Wildman–Crippen MR) is 82.7 cm³/mol. The molecule has 0 spiro atoms. The Labute approximate surface area is 123 Å². The summed E-state index contributed by atoms with van der Waals surface area (Å²) in [6, 6.07) is 6.24. The predicted octanol–water partition coefficient (Wildman–Crippen LogP) is 2.65. The van der Waals surface area contributed by atoms with Crippen LogP contribution in [0.2, 0.25) is 0 Å². The normalized spacial score (nSPS) is 11.0. The van der Waals surface area contributed by atoms with Crippen molar-refractivity contribution in [2.45, 2.75) is 27.2 Å². The van der Waals surface area contributed by atoms with E-state index in [1.165, 1.54) is 0 Å². The Morgan fingerprint density at radius 1 is 1.24 bits per heavy atom. The van der Waals surface area contributed by atoms with Crippen molar-refractivity contribution >= 4 is 16.7 Å². The lowest BCUT2D eigenvalue weighted by Gasteiger charge is -2.12. The molecule has 0 aliphatic heterocycles. The molecule has 0 aliphatic rings. The number of anilines is 1. The first-order chi connectivity index (χ1) is 10.2. The summed E-state index contributed by atoms with van der Waals surface area (Å²) in [6.07, 6.45) is 2.67. The van der Waals surface area contributed by atoms with E-state index < -0.39 is 0 Å². The molecule has 0 aliphatic carbocycles. The molecule has 0 radical (unpaired) electrons. The first kappa shape index (κ1) is 13.5. The van der Waals surface area contributed by atoms with E-state index in [1.54, 1.807) is 11.0 Å². The Balaban J connectivity index is 2.15. The van der Waals surface area contributed by atoms with Crippen LogP contribution in [0.1, 0.15) is 24.5 Å². The van der Waals surface area contributed by atoms with Gasteiger partial charge in [-0.05, 0) is 48.4 Å². The highest BCUT2D eigenvalue weighted by Crippen LogP contribution is 2.26. The second-order valence-corrected chi connectivity index (χ2v) is 5.12. The topological polar surface area (TPSA) is 68.5 Å². The highest BCUT2D eigenvalue weighted by atomic mass is 15.5. The summed E-state index contributed by atoms with van der Waals surface area (Å²) in [5.74, 6) is 0.946. The van der Waals surface area contributed by atoms with Crippen LogP contribution in [0.3, 0.4) is 0 Å². The summed E-state index contributed by atoms with van der Waals surface area (Å²) in [5.41, 5.74) is 4.15. The molecule has 3 aromatic rings. The molecule has 0 amide bonds. The van der Waals surface area contributed by atoms with E-state index in [1.807, 2.05) is 13.0 Å². The number of nitrogens with one attached hydrogen (secondary N) is 1. The molecular weight excluding hydrogens is 264 g/mol. The minimum Gasteiger partial charge on any atom is -0.370 e. The Kier molecular flexibility index (Phi) is 3.51. The summed E-state index contributed by atoms with van der Waals surface area (Å²) in [7, 11) is 0. The van der Waals surface area contributed by atoms with E-state index in [-0.39, 0.29) is 0 Å². The molecule has 1 aromatic carbocycles. The van der Waals surface area contributed by atoms with Crippen LogP contribution in [0.4, 0.5) is 5.82 Å². The number of hydrogen-bond donors (Lipinski definition) is 1. The number of rotatable bonds is 4. The number of aryl methyl sites for hydroxylation is 2. The van der Waals surface area contributed by atoms with E-state index in [2.05, 4.69) is 46.8 Å². The first-order valence-electron chi connectivity index (χ1n) is 7.09. The average Bonchev–Trinajstić information content (AvgIpc) is 3.00. The lowest BCUT2D eigenvalue weighted by Crippen LogP contribution is -2.05. The summed E-state index contributed by atoms with van der Waals surface area (Å²) >= 11 is 0. The van der Waals surface area contributed by atoms with Gasteiger partial charge < -0.3 is 5.32 Å². The van der Waals surface area contributed by atoms with Crippen molar-refractivity contribution in [1.82, 2.24) is 25.2 Å². The molecule has 6 nitrogen and oxygen atoms in total. The van der Waals surface area contributed by atoms with E-state index in [9.17, 15) is 0 Å². The van der Waals surface area contributed by atoms with Crippen molar-refractivity contribution < 1.29 is 0 Å². The Bertz CT molecular complexity index is 763. The summed E-state index contributed by atoms with van der Waals surface area (Å²) in [5, 5.41) is 15.8. The molecule has 0 fully saturated rings. The molecule has 0 bridgehead atoms. The van der Waals surface area contributed by atoms with Gasteiger partial charge in [-0.2, -0.15) is 0 Å². The van der Waals surface area contributed by atoms with Crippen molar-refractivity contribution in [3.05, 3.63) is 35.7 Å². The van der Waals surface area contributed by atoms with E-state index in [4.69, 9.17) is 4.98 Å². The first-order valence-corrected chi connectivity index (χ1v) is 7.09. The van der Waals surface area contributed by atoms with Crippen LogP contribution in [-0.4, -0.2) is 31.7 Å². The van der Waals surface area contributed by atoms with Crippen molar-refractivity contribution in [3.63, 3.8) is 0 Å². The Hall–Kier alpha value is -2.50. The van der Waals surface area contributed by atoms with Gasteiger partial charge in [0.15, 0.2) is 0 Å². The van der Waals surface area contributed by atoms with E-state index >= 15 is 0 Å². The van der Waals surface area contributed by atoms with Crippen LogP contribution in [-0.2, 0) is 0 Å². The summed E-state index contributed by atoms with van der Waals surface area (Å²) in [4.78, 5) is 4.79. The minimum absolute atomic E-state index is 0.922. The number of hydrogen-bond acceptors (Lipinski definition) is 5. The van der Waals surface area contributed by atoms with Crippen LogP contribution >= 0.6 is 0 Å². The monoisotopic (exact) mass is 282 g/mol. The second kappa shape index (κ2) is 5.47. The molecule has 6 heteroatoms.